The lowest BCUT2D eigenvalue weighted by atomic mass is 9.86. The maximum atomic E-state index is 11.0. The number of hydrogen-bond donors (Lipinski definition) is 3. The van der Waals surface area contributed by atoms with Crippen LogP contribution in [0.3, 0.4) is 0 Å². The molecule has 0 saturated carbocycles. The van der Waals surface area contributed by atoms with Gasteiger partial charge in [-0.1, -0.05) is 54.6 Å². The van der Waals surface area contributed by atoms with Crippen LogP contribution in [-0.2, 0) is 24.1 Å². The lowest BCUT2D eigenvalue weighted by Gasteiger charge is -2.18. The van der Waals surface area contributed by atoms with E-state index in [2.05, 4.69) is 16.9 Å². The highest BCUT2D eigenvalue weighted by molar-refractivity contribution is 7.80. The third kappa shape index (κ3) is 5.18. The molecule has 3 N–H and O–H groups in total. The Morgan fingerprint density at radius 3 is 2.23 bits per heavy atom. The van der Waals surface area contributed by atoms with Crippen molar-refractivity contribution in [2.75, 3.05) is 4.72 Å². The van der Waals surface area contributed by atoms with Gasteiger partial charge in [0.2, 0.25) is 0 Å². The van der Waals surface area contributed by atoms with Crippen molar-refractivity contribution in [1.82, 2.24) is 0 Å². The van der Waals surface area contributed by atoms with E-state index in [1.54, 1.807) is 18.2 Å². The molecule has 26 heavy (non-hydrogen) atoms. The molecule has 134 valence electrons. The molecular formula is C21H21NO3S. The summed E-state index contributed by atoms with van der Waals surface area (Å²) in [5.41, 5.74) is 4.11. The monoisotopic (exact) mass is 367 g/mol. The van der Waals surface area contributed by atoms with Crippen LogP contribution in [0.2, 0.25) is 0 Å². The van der Waals surface area contributed by atoms with Gasteiger partial charge in [-0.2, -0.15) is 0 Å². The van der Waals surface area contributed by atoms with Gasteiger partial charge in [0.25, 0.3) is 11.3 Å². The highest BCUT2D eigenvalue weighted by Crippen LogP contribution is 2.27. The van der Waals surface area contributed by atoms with Gasteiger partial charge >= 0.3 is 0 Å². The largest absolute Gasteiger partial charge is 0.508 e. The zero-order chi connectivity index (χ0) is 18.4. The van der Waals surface area contributed by atoms with Crippen LogP contribution in [0.15, 0.2) is 78.9 Å². The molecule has 0 spiro atoms. The first kappa shape index (κ1) is 18.2. The minimum Gasteiger partial charge on any atom is -0.508 e. The molecule has 0 aliphatic heterocycles. The summed E-state index contributed by atoms with van der Waals surface area (Å²) in [6.45, 7) is 0. The molecule has 0 radical (unpaired) electrons. The van der Waals surface area contributed by atoms with E-state index in [0.717, 1.165) is 24.0 Å². The average molecular weight is 367 g/mol. The molecule has 3 aromatic rings. The second kappa shape index (κ2) is 8.65. The van der Waals surface area contributed by atoms with Crippen molar-refractivity contribution in [2.24, 2.45) is 0 Å². The summed E-state index contributed by atoms with van der Waals surface area (Å²) in [6.07, 6.45) is 1.65. The third-order valence-corrected chi connectivity index (χ3v) is 4.71. The molecule has 4 nitrogen and oxygen atoms in total. The van der Waals surface area contributed by atoms with Crippen LogP contribution in [0, 0.1) is 0 Å². The highest BCUT2D eigenvalue weighted by atomic mass is 32.2. The van der Waals surface area contributed by atoms with Crippen molar-refractivity contribution in [1.29, 1.82) is 0 Å². The van der Waals surface area contributed by atoms with Crippen molar-refractivity contribution < 1.29 is 13.9 Å². The van der Waals surface area contributed by atoms with E-state index in [9.17, 15) is 9.32 Å². The fraction of sp³-hybridized carbons (Fsp3) is 0.143. The molecule has 2 unspecified atom stereocenters. The topological polar surface area (TPSA) is 69.6 Å². The van der Waals surface area contributed by atoms with Crippen molar-refractivity contribution in [3.63, 3.8) is 0 Å². The Hall–Kier alpha value is -2.63. The van der Waals surface area contributed by atoms with E-state index in [1.807, 2.05) is 48.5 Å². The van der Waals surface area contributed by atoms with Gasteiger partial charge in [0.05, 0.1) is 0 Å². The van der Waals surface area contributed by atoms with Gasteiger partial charge in [-0.05, 0) is 59.7 Å². The number of aromatic hydroxyl groups is 1. The minimum absolute atomic E-state index is 0.260. The predicted molar refractivity (Wildman–Crippen MR) is 106 cm³/mol. The first-order valence-electron chi connectivity index (χ1n) is 8.39. The number of phenols is 1. The van der Waals surface area contributed by atoms with Crippen LogP contribution < -0.4 is 4.72 Å². The van der Waals surface area contributed by atoms with Crippen molar-refractivity contribution in [2.45, 2.75) is 18.8 Å². The number of rotatable bonds is 7. The molecular weight excluding hydrogens is 346 g/mol. The zero-order valence-electron chi connectivity index (χ0n) is 14.2. The molecule has 0 aliphatic carbocycles. The molecule has 0 aromatic heterocycles. The SMILES string of the molecule is O=S(O)Nc1cccc(CC(Cc2ccc(O)cc2)c2ccccc2)c1. The van der Waals surface area contributed by atoms with Crippen LogP contribution in [0.25, 0.3) is 0 Å². The van der Waals surface area contributed by atoms with Gasteiger partial charge in [0.1, 0.15) is 5.75 Å². The van der Waals surface area contributed by atoms with Gasteiger partial charge in [-0.25, -0.2) is 4.21 Å². The first-order valence-corrected chi connectivity index (χ1v) is 9.50. The lowest BCUT2D eigenvalue weighted by Crippen LogP contribution is -2.08. The Balaban J connectivity index is 1.84. The molecule has 3 aromatic carbocycles. The summed E-state index contributed by atoms with van der Waals surface area (Å²) in [5.74, 6) is 0.524. The smallest absolute Gasteiger partial charge is 0.259 e. The molecule has 0 amide bonds. The molecule has 3 rings (SSSR count). The summed E-state index contributed by atoms with van der Waals surface area (Å²) in [5, 5.41) is 9.49. The molecule has 0 bridgehead atoms. The van der Waals surface area contributed by atoms with Gasteiger partial charge in [-0.3, -0.25) is 9.27 Å². The van der Waals surface area contributed by atoms with Crippen LogP contribution in [-0.4, -0.2) is 13.9 Å². The minimum atomic E-state index is -2.08. The third-order valence-electron chi connectivity index (χ3n) is 4.30. The summed E-state index contributed by atoms with van der Waals surface area (Å²) in [6, 6.07) is 25.2. The predicted octanol–water partition coefficient (Wildman–Crippen LogP) is 4.51. The molecule has 0 aliphatic rings. The maximum Gasteiger partial charge on any atom is 0.259 e. The number of nitrogens with one attached hydrogen (secondary N) is 1. The summed E-state index contributed by atoms with van der Waals surface area (Å²) >= 11 is -2.08. The molecule has 2 atom stereocenters. The van der Waals surface area contributed by atoms with Crippen LogP contribution >= 0.6 is 0 Å². The molecule has 0 saturated heterocycles. The number of hydrogen-bond acceptors (Lipinski definition) is 2. The van der Waals surface area contributed by atoms with Crippen LogP contribution in [0.1, 0.15) is 22.6 Å². The summed E-state index contributed by atoms with van der Waals surface area (Å²) in [7, 11) is 0. The highest BCUT2D eigenvalue weighted by Gasteiger charge is 2.14. The second-order valence-corrected chi connectivity index (χ2v) is 6.94. The van der Waals surface area contributed by atoms with Gasteiger partial charge in [0.15, 0.2) is 0 Å². The summed E-state index contributed by atoms with van der Waals surface area (Å²) in [4.78, 5) is 0. The zero-order valence-corrected chi connectivity index (χ0v) is 15.0. The Morgan fingerprint density at radius 2 is 1.54 bits per heavy atom. The number of phenolic OH excluding ortho intramolecular Hbond substituents is 1. The van der Waals surface area contributed by atoms with E-state index < -0.39 is 11.3 Å². The normalized spacial score (nSPS) is 13.1. The van der Waals surface area contributed by atoms with E-state index in [0.29, 0.717) is 5.69 Å². The number of anilines is 1. The molecule has 5 heteroatoms. The average Bonchev–Trinajstić information content (AvgIpc) is 2.63. The molecule has 0 heterocycles. The Bertz CT molecular complexity index is 866. The Morgan fingerprint density at radius 1 is 0.846 bits per heavy atom. The Kier molecular flexibility index (Phi) is 6.04. The quantitative estimate of drug-likeness (QED) is 0.538. The first-order chi connectivity index (χ1) is 12.6. The van der Waals surface area contributed by atoms with E-state index in [4.69, 9.17) is 4.55 Å². The van der Waals surface area contributed by atoms with E-state index in [-0.39, 0.29) is 11.7 Å². The van der Waals surface area contributed by atoms with E-state index in [1.165, 1.54) is 5.56 Å². The second-order valence-electron chi connectivity index (χ2n) is 6.23. The molecule has 0 fully saturated rings. The van der Waals surface area contributed by atoms with Crippen LogP contribution in [0.5, 0.6) is 5.75 Å². The van der Waals surface area contributed by atoms with Crippen LogP contribution in [0.4, 0.5) is 5.69 Å². The fourth-order valence-corrected chi connectivity index (χ4v) is 3.43. The maximum absolute atomic E-state index is 11.0. The van der Waals surface area contributed by atoms with Crippen molar-refractivity contribution in [3.8, 4) is 5.75 Å². The van der Waals surface area contributed by atoms with Crippen molar-refractivity contribution >= 4 is 17.0 Å². The standard InChI is InChI=1S/C21H21NO3S/c23-21-11-9-16(10-12-21)13-19(18-6-2-1-3-7-18)14-17-5-4-8-20(15-17)22-26(24)25/h1-12,15,19,22-23H,13-14H2,(H,24,25). The van der Waals surface area contributed by atoms with Crippen molar-refractivity contribution in [3.05, 3.63) is 95.6 Å². The fourth-order valence-electron chi connectivity index (χ4n) is 3.10. The van der Waals surface area contributed by atoms with Gasteiger partial charge in [-0.15, -0.1) is 0 Å². The Labute approximate surface area is 155 Å². The van der Waals surface area contributed by atoms with Gasteiger partial charge in [0, 0.05) is 5.69 Å². The lowest BCUT2D eigenvalue weighted by molar-refractivity contribution is 0.475. The van der Waals surface area contributed by atoms with E-state index >= 15 is 0 Å². The number of benzene rings is 3. The van der Waals surface area contributed by atoms with Gasteiger partial charge < -0.3 is 5.11 Å². The summed E-state index contributed by atoms with van der Waals surface area (Å²) < 4.78 is 22.5.